The van der Waals surface area contributed by atoms with Crippen molar-refractivity contribution in [2.75, 3.05) is 26.7 Å². The van der Waals surface area contributed by atoms with Crippen LogP contribution in [0.2, 0.25) is 0 Å². The third-order valence-electron chi connectivity index (χ3n) is 5.05. The Morgan fingerprint density at radius 1 is 1.23 bits per heavy atom. The van der Waals surface area contributed by atoms with Gasteiger partial charge in [-0.3, -0.25) is 4.79 Å². The number of piperidine rings is 1. The maximum Gasteiger partial charge on any atom is 0.309 e. The molecule has 1 saturated heterocycles. The van der Waals surface area contributed by atoms with Gasteiger partial charge in [-0.15, -0.1) is 22.7 Å². The fourth-order valence-corrected chi connectivity index (χ4v) is 5.61. The summed E-state index contributed by atoms with van der Waals surface area (Å²) in [6.45, 7) is 7.27. The van der Waals surface area contributed by atoms with E-state index in [9.17, 15) is 4.79 Å². The van der Waals surface area contributed by atoms with E-state index < -0.39 is 0 Å². The van der Waals surface area contributed by atoms with Crippen LogP contribution in [0, 0.1) is 19.8 Å². The smallest absolute Gasteiger partial charge is 0.309 e. The van der Waals surface area contributed by atoms with E-state index in [1.165, 1.54) is 33.6 Å². The highest BCUT2D eigenvalue weighted by atomic mass is 32.1. The minimum Gasteiger partial charge on any atom is -0.469 e. The molecule has 0 aromatic carbocycles. The van der Waals surface area contributed by atoms with Gasteiger partial charge in [-0.25, -0.2) is 0 Å². The van der Waals surface area contributed by atoms with Gasteiger partial charge in [0.2, 0.25) is 0 Å². The van der Waals surface area contributed by atoms with Gasteiger partial charge < -0.3 is 9.64 Å². The van der Waals surface area contributed by atoms with E-state index in [2.05, 4.69) is 47.7 Å². The predicted octanol–water partition coefficient (Wildman–Crippen LogP) is 5.13. The van der Waals surface area contributed by atoms with Crippen LogP contribution in [0.4, 0.5) is 0 Å². The number of hydrogen-bond donors (Lipinski definition) is 0. The average Bonchev–Trinajstić information content (AvgIpc) is 3.27. The van der Waals surface area contributed by atoms with E-state index in [4.69, 9.17) is 4.74 Å². The standard InChI is InChI=1S/C21H27NO2S2/c1-15-8-12-25-19(15)18(20-16(2)9-13-26-20)7-5-11-22-10-4-6-17(14-22)21(23)24-3/h7-9,12-13,17H,4-6,10-11,14H2,1-3H3/t17-/m1/s1. The number of hydrogen-bond acceptors (Lipinski definition) is 5. The van der Waals surface area contributed by atoms with Gasteiger partial charge in [-0.2, -0.15) is 0 Å². The zero-order valence-corrected chi connectivity index (χ0v) is 17.4. The zero-order valence-electron chi connectivity index (χ0n) is 15.8. The summed E-state index contributed by atoms with van der Waals surface area (Å²) in [7, 11) is 1.49. The van der Waals surface area contributed by atoms with Gasteiger partial charge in [-0.1, -0.05) is 6.08 Å². The summed E-state index contributed by atoms with van der Waals surface area (Å²) in [5.74, 6) is -0.0226. The molecule has 2 aromatic heterocycles. The molecule has 3 nitrogen and oxygen atoms in total. The Morgan fingerprint density at radius 3 is 2.42 bits per heavy atom. The minimum atomic E-state index is -0.0608. The third kappa shape index (κ3) is 4.45. The summed E-state index contributed by atoms with van der Waals surface area (Å²) in [5.41, 5.74) is 4.06. The van der Waals surface area contributed by atoms with Gasteiger partial charge >= 0.3 is 5.97 Å². The van der Waals surface area contributed by atoms with Crippen LogP contribution < -0.4 is 0 Å². The van der Waals surface area contributed by atoms with Gasteiger partial charge in [-0.05, 0) is 73.7 Å². The molecule has 0 N–H and O–H groups in total. The molecule has 0 spiro atoms. The molecule has 3 heterocycles. The highest BCUT2D eigenvalue weighted by Gasteiger charge is 2.26. The molecule has 3 rings (SSSR count). The van der Waals surface area contributed by atoms with Crippen LogP contribution in [0.1, 0.15) is 40.1 Å². The first-order chi connectivity index (χ1) is 12.6. The van der Waals surface area contributed by atoms with Crippen molar-refractivity contribution in [2.45, 2.75) is 33.1 Å². The van der Waals surface area contributed by atoms with Gasteiger partial charge in [0.25, 0.3) is 0 Å². The van der Waals surface area contributed by atoms with Crippen molar-refractivity contribution in [2.24, 2.45) is 5.92 Å². The number of esters is 1. The largest absolute Gasteiger partial charge is 0.469 e. The summed E-state index contributed by atoms with van der Waals surface area (Å²) in [4.78, 5) is 17.0. The number of thiophene rings is 2. The Morgan fingerprint density at radius 2 is 1.88 bits per heavy atom. The first-order valence-corrected chi connectivity index (χ1v) is 11.0. The molecule has 0 amide bonds. The van der Waals surface area contributed by atoms with Crippen molar-refractivity contribution in [1.29, 1.82) is 0 Å². The normalized spacial score (nSPS) is 17.9. The Bertz CT molecular complexity index is 732. The van der Waals surface area contributed by atoms with E-state index in [1.54, 1.807) is 0 Å². The number of ether oxygens (including phenoxy) is 1. The molecule has 26 heavy (non-hydrogen) atoms. The lowest BCUT2D eigenvalue weighted by atomic mass is 9.98. The molecule has 1 atom stereocenters. The van der Waals surface area contributed by atoms with Crippen LogP contribution in [-0.4, -0.2) is 37.6 Å². The third-order valence-corrected chi connectivity index (χ3v) is 7.15. The van der Waals surface area contributed by atoms with Crippen molar-refractivity contribution in [3.63, 3.8) is 0 Å². The zero-order chi connectivity index (χ0) is 18.5. The second kappa shape index (κ2) is 8.98. The molecule has 0 unspecified atom stereocenters. The van der Waals surface area contributed by atoms with Gasteiger partial charge in [0.15, 0.2) is 0 Å². The second-order valence-corrected chi connectivity index (χ2v) is 8.77. The van der Waals surface area contributed by atoms with Crippen LogP contribution in [0.15, 0.2) is 29.0 Å². The van der Waals surface area contributed by atoms with Gasteiger partial charge in [0.05, 0.1) is 13.0 Å². The van der Waals surface area contributed by atoms with Crippen molar-refractivity contribution in [3.8, 4) is 0 Å². The van der Waals surface area contributed by atoms with Crippen molar-refractivity contribution < 1.29 is 9.53 Å². The number of rotatable bonds is 6. The number of aryl methyl sites for hydroxylation is 2. The SMILES string of the molecule is COC(=O)[C@@H]1CCCN(CCC=C(c2sccc2C)c2sccc2C)C1. The molecule has 0 bridgehead atoms. The Hall–Kier alpha value is -1.43. The lowest BCUT2D eigenvalue weighted by Gasteiger charge is -2.30. The fourth-order valence-electron chi connectivity index (χ4n) is 3.59. The molecular weight excluding hydrogens is 362 g/mol. The molecule has 2 aromatic rings. The predicted molar refractivity (Wildman–Crippen MR) is 111 cm³/mol. The number of nitrogens with zero attached hydrogens (tertiary/aromatic N) is 1. The number of carbonyl (C=O) groups is 1. The van der Waals surface area contributed by atoms with E-state index in [0.717, 1.165) is 38.9 Å². The van der Waals surface area contributed by atoms with Crippen molar-refractivity contribution in [3.05, 3.63) is 49.9 Å². The van der Waals surface area contributed by atoms with E-state index >= 15 is 0 Å². The van der Waals surface area contributed by atoms with Crippen LogP contribution in [-0.2, 0) is 9.53 Å². The summed E-state index contributed by atoms with van der Waals surface area (Å²) >= 11 is 3.64. The Balaban J connectivity index is 1.71. The van der Waals surface area contributed by atoms with Crippen molar-refractivity contribution >= 4 is 34.2 Å². The van der Waals surface area contributed by atoms with Gasteiger partial charge in [0, 0.05) is 28.4 Å². The lowest BCUT2D eigenvalue weighted by molar-refractivity contribution is -0.147. The van der Waals surface area contributed by atoms with Crippen LogP contribution in [0.25, 0.3) is 5.57 Å². The Kier molecular flexibility index (Phi) is 6.68. The second-order valence-electron chi connectivity index (χ2n) is 6.93. The molecule has 0 saturated carbocycles. The summed E-state index contributed by atoms with van der Waals surface area (Å²) in [6, 6.07) is 4.39. The highest BCUT2D eigenvalue weighted by molar-refractivity contribution is 7.14. The average molecular weight is 390 g/mol. The number of carbonyl (C=O) groups excluding carboxylic acids is 1. The maximum atomic E-state index is 11.8. The molecular formula is C21H27NO2S2. The fraction of sp³-hybridized carbons (Fsp3) is 0.476. The lowest BCUT2D eigenvalue weighted by Crippen LogP contribution is -2.39. The molecule has 0 radical (unpaired) electrons. The maximum absolute atomic E-state index is 11.8. The quantitative estimate of drug-likeness (QED) is 0.641. The molecule has 1 aliphatic heterocycles. The van der Waals surface area contributed by atoms with E-state index in [0.29, 0.717) is 0 Å². The Labute approximate surface area is 164 Å². The summed E-state index contributed by atoms with van der Waals surface area (Å²) in [5, 5.41) is 4.35. The van der Waals surface area contributed by atoms with Crippen LogP contribution >= 0.6 is 22.7 Å². The summed E-state index contributed by atoms with van der Waals surface area (Å²) < 4.78 is 4.93. The molecule has 5 heteroatoms. The molecule has 1 fully saturated rings. The first-order valence-electron chi connectivity index (χ1n) is 9.19. The molecule has 1 aliphatic rings. The van der Waals surface area contributed by atoms with Gasteiger partial charge in [0.1, 0.15) is 0 Å². The molecule has 140 valence electrons. The van der Waals surface area contributed by atoms with Crippen LogP contribution in [0.3, 0.4) is 0 Å². The molecule has 0 aliphatic carbocycles. The minimum absolute atomic E-state index is 0.0382. The number of likely N-dealkylation sites (tertiary alicyclic amines) is 1. The monoisotopic (exact) mass is 389 g/mol. The summed E-state index contributed by atoms with van der Waals surface area (Å²) in [6.07, 6.45) is 5.41. The van der Waals surface area contributed by atoms with Crippen LogP contribution in [0.5, 0.6) is 0 Å². The topological polar surface area (TPSA) is 29.5 Å². The first kappa shape index (κ1) is 19.3. The van der Waals surface area contributed by atoms with Crippen molar-refractivity contribution in [1.82, 2.24) is 4.90 Å². The highest BCUT2D eigenvalue weighted by Crippen LogP contribution is 2.35. The van der Waals surface area contributed by atoms with E-state index in [-0.39, 0.29) is 11.9 Å². The van der Waals surface area contributed by atoms with E-state index in [1.807, 2.05) is 22.7 Å². The number of methoxy groups -OCH3 is 1.